The second-order valence-corrected chi connectivity index (χ2v) is 8.44. The summed E-state index contributed by atoms with van der Waals surface area (Å²) in [6.45, 7) is 9.79. The summed E-state index contributed by atoms with van der Waals surface area (Å²) in [7, 11) is 0. The van der Waals surface area contributed by atoms with Crippen LogP contribution in [0.5, 0.6) is 0 Å². The molecule has 6 heteroatoms. The topological polar surface area (TPSA) is 35.6 Å². The molecule has 4 nitrogen and oxygen atoms in total. The first-order valence-corrected chi connectivity index (χ1v) is 9.82. The van der Waals surface area contributed by atoms with E-state index >= 15 is 0 Å². The molecule has 0 atom stereocenters. The number of piperazine rings is 1. The normalized spacial score (nSPS) is 15.5. The molecule has 1 amide bonds. The first kappa shape index (κ1) is 17.5. The second kappa shape index (κ2) is 7.68. The average Bonchev–Trinajstić information content (AvgIpc) is 3.02. The molecule has 1 aliphatic heterocycles. The van der Waals surface area contributed by atoms with Gasteiger partial charge in [-0.05, 0) is 65.3 Å². The summed E-state index contributed by atoms with van der Waals surface area (Å²) in [5, 5.41) is 2.98. The van der Waals surface area contributed by atoms with Crippen molar-refractivity contribution < 1.29 is 4.79 Å². The minimum Gasteiger partial charge on any atom is -0.369 e. The molecule has 0 saturated carbocycles. The number of likely N-dealkylation sites (N-methyl/N-ethyl adjacent to an activating group) is 1. The van der Waals surface area contributed by atoms with Crippen molar-refractivity contribution in [1.29, 1.82) is 0 Å². The lowest BCUT2D eigenvalue weighted by Crippen LogP contribution is -2.46. The molecule has 2 aromatic rings. The molecule has 128 valence electrons. The smallest absolute Gasteiger partial charge is 0.265 e. The highest BCUT2D eigenvalue weighted by atomic mass is 79.9. The molecule has 0 aliphatic carbocycles. The summed E-state index contributed by atoms with van der Waals surface area (Å²) < 4.78 is 0.963. The Kier molecular flexibility index (Phi) is 5.58. The predicted molar refractivity (Wildman–Crippen MR) is 105 cm³/mol. The molecule has 0 bridgehead atoms. The summed E-state index contributed by atoms with van der Waals surface area (Å²) in [5.41, 5.74) is 3.31. The number of carbonyl (C=O) groups excluding carboxylic acids is 1. The first-order chi connectivity index (χ1) is 11.6. The van der Waals surface area contributed by atoms with Gasteiger partial charge in [0.25, 0.3) is 5.91 Å². The van der Waals surface area contributed by atoms with E-state index in [1.165, 1.54) is 22.6 Å². The van der Waals surface area contributed by atoms with Crippen LogP contribution in [0.25, 0.3) is 0 Å². The van der Waals surface area contributed by atoms with Crippen LogP contribution in [-0.4, -0.2) is 43.5 Å². The van der Waals surface area contributed by atoms with Gasteiger partial charge in [-0.2, -0.15) is 0 Å². The number of anilines is 2. The molecule has 0 unspecified atom stereocenters. The minimum absolute atomic E-state index is 0.0607. The fourth-order valence-corrected chi connectivity index (χ4v) is 4.30. The molecule has 1 aliphatic rings. The number of hydrogen-bond donors (Lipinski definition) is 1. The Morgan fingerprint density at radius 1 is 1.21 bits per heavy atom. The summed E-state index contributed by atoms with van der Waals surface area (Å²) in [4.78, 5) is 17.9. The van der Waals surface area contributed by atoms with Gasteiger partial charge in [0.05, 0.1) is 8.66 Å². The Hall–Kier alpha value is -1.37. The van der Waals surface area contributed by atoms with E-state index < -0.39 is 0 Å². The van der Waals surface area contributed by atoms with Crippen LogP contribution in [0.2, 0.25) is 0 Å². The third-order valence-corrected chi connectivity index (χ3v) is 6.03. The van der Waals surface area contributed by atoms with Crippen LogP contribution in [-0.2, 0) is 0 Å². The fourth-order valence-electron chi connectivity index (χ4n) is 3.02. The number of nitrogens with one attached hydrogen (secondary N) is 1. The Balaban J connectivity index is 1.67. The Bertz CT molecular complexity index is 723. The molecule has 1 fully saturated rings. The van der Waals surface area contributed by atoms with Gasteiger partial charge in [-0.15, -0.1) is 11.3 Å². The third kappa shape index (κ3) is 3.99. The van der Waals surface area contributed by atoms with Crippen molar-refractivity contribution in [3.05, 3.63) is 44.6 Å². The number of aryl methyl sites for hydroxylation is 1. The maximum absolute atomic E-state index is 12.3. The van der Waals surface area contributed by atoms with Crippen molar-refractivity contribution in [2.75, 3.05) is 42.9 Å². The van der Waals surface area contributed by atoms with Gasteiger partial charge in [-0.1, -0.05) is 6.92 Å². The standard InChI is InChI=1S/C18H22BrN3OS/c1-3-21-8-10-22(11-9-21)15-5-4-14(12-13(15)2)20-18(23)16-6-7-17(19)24-16/h4-7,12H,3,8-11H2,1-2H3,(H,20,23). The van der Waals surface area contributed by atoms with E-state index in [1.54, 1.807) is 0 Å². The molecule has 24 heavy (non-hydrogen) atoms. The lowest BCUT2D eigenvalue weighted by atomic mass is 10.1. The Labute approximate surface area is 155 Å². The van der Waals surface area contributed by atoms with Crippen LogP contribution in [0, 0.1) is 6.92 Å². The first-order valence-electron chi connectivity index (χ1n) is 8.21. The number of rotatable bonds is 4. The second-order valence-electron chi connectivity index (χ2n) is 5.98. The van der Waals surface area contributed by atoms with E-state index in [0.717, 1.165) is 42.2 Å². The molecule has 3 rings (SSSR count). The summed E-state index contributed by atoms with van der Waals surface area (Å²) in [6, 6.07) is 9.90. The van der Waals surface area contributed by atoms with Crippen molar-refractivity contribution in [2.45, 2.75) is 13.8 Å². The number of halogens is 1. The van der Waals surface area contributed by atoms with Gasteiger partial charge in [0.2, 0.25) is 0 Å². The summed E-state index contributed by atoms with van der Waals surface area (Å²) >= 11 is 4.83. The monoisotopic (exact) mass is 407 g/mol. The van der Waals surface area contributed by atoms with Crippen LogP contribution in [0.3, 0.4) is 0 Å². The molecule has 1 aromatic heterocycles. The summed E-state index contributed by atoms with van der Waals surface area (Å²) in [5.74, 6) is -0.0607. The maximum Gasteiger partial charge on any atom is 0.265 e. The Morgan fingerprint density at radius 3 is 2.54 bits per heavy atom. The van der Waals surface area contributed by atoms with Crippen LogP contribution in [0.4, 0.5) is 11.4 Å². The molecule has 0 radical (unpaired) electrons. The van der Waals surface area contributed by atoms with E-state index in [1.807, 2.05) is 18.2 Å². The zero-order chi connectivity index (χ0) is 17.1. The zero-order valence-electron chi connectivity index (χ0n) is 14.0. The van der Waals surface area contributed by atoms with Crippen LogP contribution in [0.1, 0.15) is 22.2 Å². The van der Waals surface area contributed by atoms with E-state index in [0.29, 0.717) is 4.88 Å². The van der Waals surface area contributed by atoms with Gasteiger partial charge >= 0.3 is 0 Å². The van der Waals surface area contributed by atoms with E-state index in [-0.39, 0.29) is 5.91 Å². The van der Waals surface area contributed by atoms with Crippen LogP contribution >= 0.6 is 27.3 Å². The number of carbonyl (C=O) groups is 1. The zero-order valence-corrected chi connectivity index (χ0v) is 16.4. The highest BCUT2D eigenvalue weighted by molar-refractivity contribution is 9.11. The van der Waals surface area contributed by atoms with E-state index in [4.69, 9.17) is 0 Å². The third-order valence-electron chi connectivity index (χ3n) is 4.41. The SMILES string of the molecule is CCN1CCN(c2ccc(NC(=O)c3ccc(Br)s3)cc2C)CC1. The fraction of sp³-hybridized carbons (Fsp3) is 0.389. The highest BCUT2D eigenvalue weighted by Crippen LogP contribution is 2.26. The molecular formula is C18H22BrN3OS. The number of thiophene rings is 1. The van der Waals surface area contributed by atoms with Crippen molar-refractivity contribution in [3.8, 4) is 0 Å². The van der Waals surface area contributed by atoms with Crippen molar-refractivity contribution in [2.24, 2.45) is 0 Å². The largest absolute Gasteiger partial charge is 0.369 e. The van der Waals surface area contributed by atoms with Crippen molar-refractivity contribution in [1.82, 2.24) is 4.90 Å². The van der Waals surface area contributed by atoms with Crippen LogP contribution < -0.4 is 10.2 Å². The van der Waals surface area contributed by atoms with Crippen molar-refractivity contribution >= 4 is 44.5 Å². The average molecular weight is 408 g/mol. The number of benzene rings is 1. The van der Waals surface area contributed by atoms with Gasteiger partial charge < -0.3 is 15.1 Å². The minimum atomic E-state index is -0.0607. The quantitative estimate of drug-likeness (QED) is 0.823. The highest BCUT2D eigenvalue weighted by Gasteiger charge is 2.17. The van der Waals surface area contributed by atoms with Crippen molar-refractivity contribution in [3.63, 3.8) is 0 Å². The lowest BCUT2D eigenvalue weighted by Gasteiger charge is -2.36. The summed E-state index contributed by atoms with van der Waals surface area (Å²) in [6.07, 6.45) is 0. The molecule has 1 N–H and O–H groups in total. The predicted octanol–water partition coefficient (Wildman–Crippen LogP) is 4.21. The lowest BCUT2D eigenvalue weighted by molar-refractivity contribution is 0.103. The van der Waals surface area contributed by atoms with Gasteiger partial charge in [0.15, 0.2) is 0 Å². The molecule has 1 saturated heterocycles. The van der Waals surface area contributed by atoms with E-state index in [9.17, 15) is 4.79 Å². The van der Waals surface area contributed by atoms with Gasteiger partial charge in [0, 0.05) is 37.6 Å². The van der Waals surface area contributed by atoms with Gasteiger partial charge in [0.1, 0.15) is 0 Å². The van der Waals surface area contributed by atoms with Crippen LogP contribution in [0.15, 0.2) is 34.1 Å². The molecule has 1 aromatic carbocycles. The van der Waals surface area contributed by atoms with E-state index in [2.05, 4.69) is 57.0 Å². The Morgan fingerprint density at radius 2 is 1.96 bits per heavy atom. The number of nitrogens with zero attached hydrogens (tertiary/aromatic N) is 2. The molecule has 2 heterocycles. The van der Waals surface area contributed by atoms with Gasteiger partial charge in [-0.3, -0.25) is 4.79 Å². The molecular weight excluding hydrogens is 386 g/mol. The maximum atomic E-state index is 12.3. The van der Waals surface area contributed by atoms with Gasteiger partial charge in [-0.25, -0.2) is 0 Å². The number of amides is 1. The molecule has 0 spiro atoms. The number of hydrogen-bond acceptors (Lipinski definition) is 4.